The molecule has 0 saturated heterocycles. The molecule has 23 heavy (non-hydrogen) atoms. The lowest BCUT2D eigenvalue weighted by Crippen LogP contribution is -2.41. The Kier molecular flexibility index (Phi) is 3.57. The first-order valence-corrected chi connectivity index (χ1v) is 6.83. The molecule has 2 heterocycles. The van der Waals surface area contributed by atoms with Crippen molar-refractivity contribution in [1.29, 1.82) is 0 Å². The predicted molar refractivity (Wildman–Crippen MR) is 76.1 cm³/mol. The fourth-order valence-corrected chi connectivity index (χ4v) is 2.41. The molecule has 0 spiro atoms. The zero-order valence-electron chi connectivity index (χ0n) is 12.1. The van der Waals surface area contributed by atoms with Crippen molar-refractivity contribution in [1.82, 2.24) is 25.3 Å². The predicted octanol–water partition coefficient (Wildman–Crippen LogP) is 0.357. The van der Waals surface area contributed by atoms with Gasteiger partial charge in [0.05, 0.1) is 12.5 Å². The number of tetrazole rings is 1. The number of terminal acetylenes is 1. The summed E-state index contributed by atoms with van der Waals surface area (Å²) in [6, 6.07) is 2.51. The number of aromatic amines is 1. The van der Waals surface area contributed by atoms with Crippen molar-refractivity contribution in [3.63, 3.8) is 0 Å². The van der Waals surface area contributed by atoms with Gasteiger partial charge < -0.3 is 4.84 Å². The molecule has 1 aliphatic heterocycles. The Balaban J connectivity index is 2.15. The number of amides is 1. The summed E-state index contributed by atoms with van der Waals surface area (Å²) in [5.74, 6) is 1.00. The summed E-state index contributed by atoms with van der Waals surface area (Å²) in [5, 5.41) is 10.1. The number of carbonyl (C=O) groups is 1. The van der Waals surface area contributed by atoms with Crippen LogP contribution in [0, 0.1) is 18.2 Å². The minimum absolute atomic E-state index is 0.0540. The standard InChI is InChI=1S/C14H12FN5O3/c1-3-5-8-9-6-11(20-17-14(22)16-18-20)10(15)7-12(9)23-19(4-2)13(8)21/h1,6-8H,4-5H2,2H3,(H,17,22). The van der Waals surface area contributed by atoms with Gasteiger partial charge in [0.25, 0.3) is 5.91 Å². The molecule has 0 radical (unpaired) electrons. The van der Waals surface area contributed by atoms with Gasteiger partial charge in [-0.3, -0.25) is 4.79 Å². The number of benzene rings is 1. The van der Waals surface area contributed by atoms with Gasteiger partial charge in [0.15, 0.2) is 11.6 Å². The molecule has 0 bridgehead atoms. The second-order valence-corrected chi connectivity index (χ2v) is 4.84. The number of nitrogens with one attached hydrogen (secondary N) is 1. The van der Waals surface area contributed by atoms with Gasteiger partial charge in [-0.05, 0) is 18.2 Å². The number of aromatic nitrogens is 4. The first-order chi connectivity index (χ1) is 11.0. The van der Waals surface area contributed by atoms with E-state index in [4.69, 9.17) is 11.3 Å². The van der Waals surface area contributed by atoms with E-state index in [-0.39, 0.29) is 23.8 Å². The van der Waals surface area contributed by atoms with Crippen molar-refractivity contribution in [3.05, 3.63) is 34.0 Å². The molecule has 8 nitrogen and oxygen atoms in total. The molecule has 1 aromatic carbocycles. The number of halogens is 1. The first-order valence-electron chi connectivity index (χ1n) is 6.83. The SMILES string of the molecule is C#CCC1C(=O)N(CC)Oc2cc(F)c(-n3nnc(=O)[nH]3)cc21. The number of hydrogen-bond acceptors (Lipinski definition) is 5. The molecule has 9 heteroatoms. The summed E-state index contributed by atoms with van der Waals surface area (Å²) in [6.45, 7) is 2.04. The van der Waals surface area contributed by atoms with Gasteiger partial charge in [-0.1, -0.05) is 5.10 Å². The van der Waals surface area contributed by atoms with E-state index < -0.39 is 17.4 Å². The zero-order valence-corrected chi connectivity index (χ0v) is 12.1. The Labute approximate surface area is 129 Å². The van der Waals surface area contributed by atoms with Gasteiger partial charge in [0.1, 0.15) is 5.69 Å². The number of hydroxylamine groups is 2. The van der Waals surface area contributed by atoms with Gasteiger partial charge in [-0.25, -0.2) is 14.3 Å². The summed E-state index contributed by atoms with van der Waals surface area (Å²) in [5.41, 5.74) is -0.334. The average molecular weight is 317 g/mol. The van der Waals surface area contributed by atoms with E-state index in [0.717, 1.165) is 15.9 Å². The van der Waals surface area contributed by atoms with E-state index in [2.05, 4.69) is 21.3 Å². The van der Waals surface area contributed by atoms with Crippen LogP contribution in [0.15, 0.2) is 16.9 Å². The van der Waals surface area contributed by atoms with Crippen molar-refractivity contribution < 1.29 is 14.0 Å². The highest BCUT2D eigenvalue weighted by molar-refractivity contribution is 5.86. The molecule has 1 aliphatic rings. The molecule has 0 saturated carbocycles. The molecule has 3 rings (SSSR count). The van der Waals surface area contributed by atoms with Gasteiger partial charge in [0.2, 0.25) is 0 Å². The van der Waals surface area contributed by atoms with Crippen molar-refractivity contribution in [2.75, 3.05) is 6.54 Å². The Hall–Kier alpha value is -3.15. The highest BCUT2D eigenvalue weighted by Gasteiger charge is 2.35. The van der Waals surface area contributed by atoms with E-state index in [1.165, 1.54) is 6.07 Å². The number of hydrogen-bond donors (Lipinski definition) is 1. The van der Waals surface area contributed by atoms with Crippen LogP contribution in [-0.4, -0.2) is 37.7 Å². The number of carbonyl (C=O) groups excluding carboxylic acids is 1. The smallest absolute Gasteiger partial charge is 0.376 e. The Morgan fingerprint density at radius 1 is 1.48 bits per heavy atom. The normalized spacial score (nSPS) is 16.7. The number of rotatable bonds is 3. The minimum Gasteiger partial charge on any atom is -0.376 e. The second kappa shape index (κ2) is 5.57. The van der Waals surface area contributed by atoms with Crippen molar-refractivity contribution in [2.45, 2.75) is 19.3 Å². The van der Waals surface area contributed by atoms with Gasteiger partial charge >= 0.3 is 5.69 Å². The van der Waals surface area contributed by atoms with E-state index in [9.17, 15) is 14.0 Å². The average Bonchev–Trinajstić information content (AvgIpc) is 2.95. The van der Waals surface area contributed by atoms with Crippen LogP contribution in [0.3, 0.4) is 0 Å². The van der Waals surface area contributed by atoms with Crippen LogP contribution in [0.5, 0.6) is 5.75 Å². The monoisotopic (exact) mass is 317 g/mol. The fraction of sp³-hybridized carbons (Fsp3) is 0.286. The van der Waals surface area contributed by atoms with Crippen LogP contribution in [0.4, 0.5) is 4.39 Å². The lowest BCUT2D eigenvalue weighted by atomic mass is 9.92. The van der Waals surface area contributed by atoms with Crippen LogP contribution < -0.4 is 10.5 Å². The fourth-order valence-electron chi connectivity index (χ4n) is 2.41. The molecule has 118 valence electrons. The molecule has 1 amide bonds. The molecular weight excluding hydrogens is 305 g/mol. The third kappa shape index (κ3) is 2.44. The quantitative estimate of drug-likeness (QED) is 0.825. The van der Waals surface area contributed by atoms with Gasteiger partial charge in [-0.2, -0.15) is 5.06 Å². The van der Waals surface area contributed by atoms with Crippen LogP contribution >= 0.6 is 0 Å². The molecule has 0 aliphatic carbocycles. The molecule has 1 unspecified atom stereocenters. The molecular formula is C14H12FN5O3. The van der Waals surface area contributed by atoms with Crippen LogP contribution in [-0.2, 0) is 4.79 Å². The Morgan fingerprint density at radius 2 is 2.26 bits per heavy atom. The van der Waals surface area contributed by atoms with Crippen molar-refractivity contribution >= 4 is 5.91 Å². The number of nitrogens with zero attached hydrogens (tertiary/aromatic N) is 4. The van der Waals surface area contributed by atoms with Crippen LogP contribution in [0.1, 0.15) is 24.8 Å². The molecule has 1 N–H and O–H groups in total. The zero-order chi connectivity index (χ0) is 16.6. The third-order valence-corrected chi connectivity index (χ3v) is 3.47. The van der Waals surface area contributed by atoms with Crippen LogP contribution in [0.2, 0.25) is 0 Å². The van der Waals surface area contributed by atoms with Crippen molar-refractivity contribution in [2.24, 2.45) is 0 Å². The highest BCUT2D eigenvalue weighted by atomic mass is 19.1. The van der Waals surface area contributed by atoms with E-state index in [1.807, 2.05) is 0 Å². The Morgan fingerprint density at radius 3 is 2.87 bits per heavy atom. The maximum atomic E-state index is 14.3. The maximum Gasteiger partial charge on any atom is 0.381 e. The largest absolute Gasteiger partial charge is 0.381 e. The van der Waals surface area contributed by atoms with Gasteiger partial charge in [-0.15, -0.1) is 17.1 Å². The number of fused-ring (bicyclic) bond motifs is 1. The van der Waals surface area contributed by atoms with Crippen molar-refractivity contribution in [3.8, 4) is 23.8 Å². The summed E-state index contributed by atoms with van der Waals surface area (Å²) < 4.78 is 14.3. The number of likely N-dealkylation sites (N-methyl/N-ethyl adjacent to an activating group) is 1. The summed E-state index contributed by atoms with van der Waals surface area (Å²) in [4.78, 5) is 29.7. The molecule has 1 aromatic heterocycles. The third-order valence-electron chi connectivity index (χ3n) is 3.47. The number of H-pyrrole nitrogens is 1. The highest BCUT2D eigenvalue weighted by Crippen LogP contribution is 2.37. The summed E-state index contributed by atoms with van der Waals surface area (Å²) >= 11 is 0. The topological polar surface area (TPSA) is 93.1 Å². The van der Waals surface area contributed by atoms with Gasteiger partial charge in [0, 0.05) is 18.1 Å². The lowest BCUT2D eigenvalue weighted by Gasteiger charge is -2.32. The summed E-state index contributed by atoms with van der Waals surface area (Å²) in [6.07, 6.45) is 5.48. The minimum atomic E-state index is -0.716. The lowest BCUT2D eigenvalue weighted by molar-refractivity contribution is -0.162. The maximum absolute atomic E-state index is 14.3. The Bertz CT molecular complexity index is 866. The first kappa shape index (κ1) is 14.8. The van der Waals surface area contributed by atoms with E-state index in [1.54, 1.807) is 6.92 Å². The van der Waals surface area contributed by atoms with E-state index >= 15 is 0 Å². The van der Waals surface area contributed by atoms with Crippen LogP contribution in [0.25, 0.3) is 5.69 Å². The molecule has 1 atom stereocenters. The summed E-state index contributed by atoms with van der Waals surface area (Å²) in [7, 11) is 0. The van der Waals surface area contributed by atoms with E-state index in [0.29, 0.717) is 12.1 Å². The molecule has 2 aromatic rings. The molecule has 0 fully saturated rings. The second-order valence-electron chi connectivity index (χ2n) is 4.84.